The summed E-state index contributed by atoms with van der Waals surface area (Å²) in [5.41, 5.74) is 2.05. The van der Waals surface area contributed by atoms with E-state index >= 15 is 0 Å². The number of carbonyl (C=O) groups is 1. The standard InChI is InChI=1S/C24H27Cl3N4O2/c1-16-22(24(32)31(27)29-13-5-3-4-6-14-29)28-30(21-12-9-18(25)15-20(21)26)23(16)17-7-10-19(33-2)11-8-17/h7-12,15-16,23H,3-6,13-14H2,1-2H3/t16-,23+/m1/s1. The van der Waals surface area contributed by atoms with Crippen molar-refractivity contribution in [2.45, 2.75) is 38.6 Å². The minimum absolute atomic E-state index is 0.231. The number of benzene rings is 2. The molecule has 1 amide bonds. The second-order valence-electron chi connectivity index (χ2n) is 8.37. The lowest BCUT2D eigenvalue weighted by molar-refractivity contribution is -0.130. The lowest BCUT2D eigenvalue weighted by Gasteiger charge is -2.29. The first-order valence-corrected chi connectivity index (χ1v) is 12.2. The van der Waals surface area contributed by atoms with Crippen molar-refractivity contribution in [1.82, 2.24) is 9.54 Å². The predicted octanol–water partition coefficient (Wildman–Crippen LogP) is 6.33. The van der Waals surface area contributed by atoms with Crippen molar-refractivity contribution < 1.29 is 9.53 Å². The van der Waals surface area contributed by atoms with Crippen LogP contribution in [0.3, 0.4) is 0 Å². The Kier molecular flexibility index (Phi) is 7.69. The highest BCUT2D eigenvalue weighted by Gasteiger charge is 2.42. The van der Waals surface area contributed by atoms with E-state index in [0.717, 1.165) is 50.1 Å². The minimum atomic E-state index is -0.308. The Morgan fingerprint density at radius 3 is 2.33 bits per heavy atom. The van der Waals surface area contributed by atoms with E-state index in [9.17, 15) is 4.79 Å². The van der Waals surface area contributed by atoms with Crippen LogP contribution >= 0.6 is 35.0 Å². The first kappa shape index (κ1) is 24.1. The number of halogens is 3. The molecule has 2 aliphatic rings. The molecule has 1 fully saturated rings. The minimum Gasteiger partial charge on any atom is -0.497 e. The predicted molar refractivity (Wildman–Crippen MR) is 134 cm³/mol. The summed E-state index contributed by atoms with van der Waals surface area (Å²) in [5, 5.41) is 9.46. The molecular formula is C24H27Cl3N4O2. The number of nitrogens with zero attached hydrogens (tertiary/aromatic N) is 4. The van der Waals surface area contributed by atoms with Crippen LogP contribution in [0.15, 0.2) is 47.6 Å². The number of hydrazone groups is 1. The third-order valence-corrected chi connectivity index (χ3v) is 7.12. The van der Waals surface area contributed by atoms with E-state index in [-0.39, 0.29) is 17.9 Å². The molecule has 0 unspecified atom stereocenters. The Hall–Kier alpha value is -1.99. The molecule has 33 heavy (non-hydrogen) atoms. The maximum atomic E-state index is 13.5. The number of carbonyl (C=O) groups excluding carboxylic acids is 1. The van der Waals surface area contributed by atoms with Gasteiger partial charge in [-0.3, -0.25) is 9.80 Å². The van der Waals surface area contributed by atoms with Gasteiger partial charge >= 0.3 is 0 Å². The largest absolute Gasteiger partial charge is 0.497 e. The molecule has 0 aromatic heterocycles. The molecule has 0 spiro atoms. The van der Waals surface area contributed by atoms with E-state index < -0.39 is 0 Å². The number of ether oxygens (including phenoxy) is 1. The van der Waals surface area contributed by atoms with E-state index in [4.69, 9.17) is 44.8 Å². The van der Waals surface area contributed by atoms with Crippen LogP contribution in [-0.4, -0.2) is 41.4 Å². The Morgan fingerprint density at radius 1 is 1.06 bits per heavy atom. The zero-order valence-electron chi connectivity index (χ0n) is 18.7. The molecule has 0 aliphatic carbocycles. The van der Waals surface area contributed by atoms with Gasteiger partial charge in [0.2, 0.25) is 0 Å². The molecular weight excluding hydrogens is 483 g/mol. The van der Waals surface area contributed by atoms with Crippen molar-refractivity contribution in [2.75, 3.05) is 25.2 Å². The zero-order valence-corrected chi connectivity index (χ0v) is 20.9. The molecule has 0 saturated carbocycles. The smallest absolute Gasteiger partial charge is 0.299 e. The van der Waals surface area contributed by atoms with Crippen molar-refractivity contribution in [2.24, 2.45) is 11.0 Å². The summed E-state index contributed by atoms with van der Waals surface area (Å²) in [5.74, 6) is 0.217. The Balaban J connectivity index is 1.70. The zero-order chi connectivity index (χ0) is 23.5. The van der Waals surface area contributed by atoms with E-state index in [2.05, 4.69) is 0 Å². The van der Waals surface area contributed by atoms with E-state index in [1.165, 1.54) is 4.53 Å². The van der Waals surface area contributed by atoms with Gasteiger partial charge in [-0.1, -0.05) is 55.1 Å². The van der Waals surface area contributed by atoms with Crippen LogP contribution in [0.4, 0.5) is 5.69 Å². The van der Waals surface area contributed by atoms with E-state index in [1.54, 1.807) is 24.3 Å². The molecule has 2 atom stereocenters. The van der Waals surface area contributed by atoms with Gasteiger partial charge in [-0.05, 0) is 48.7 Å². The number of hydrogen-bond donors (Lipinski definition) is 0. The number of amides is 1. The normalized spacial score (nSPS) is 21.5. The van der Waals surface area contributed by atoms with Gasteiger partial charge in [-0.15, -0.1) is 0 Å². The molecule has 2 aliphatic heterocycles. The first-order chi connectivity index (χ1) is 15.9. The molecule has 0 bridgehead atoms. The van der Waals surface area contributed by atoms with Crippen LogP contribution in [0, 0.1) is 5.92 Å². The molecule has 2 heterocycles. The molecule has 0 radical (unpaired) electrons. The van der Waals surface area contributed by atoms with Crippen molar-refractivity contribution in [3.63, 3.8) is 0 Å². The summed E-state index contributed by atoms with van der Waals surface area (Å²) in [4.78, 5) is 13.5. The summed E-state index contributed by atoms with van der Waals surface area (Å²) in [7, 11) is 1.63. The van der Waals surface area contributed by atoms with E-state index in [1.807, 2.05) is 42.3 Å². The van der Waals surface area contributed by atoms with Gasteiger partial charge in [0.15, 0.2) is 0 Å². The van der Waals surface area contributed by atoms with Crippen molar-refractivity contribution in [3.05, 3.63) is 58.1 Å². The number of anilines is 1. The molecule has 176 valence electrons. The van der Waals surface area contributed by atoms with Gasteiger partial charge < -0.3 is 4.74 Å². The van der Waals surface area contributed by atoms with E-state index in [0.29, 0.717) is 21.4 Å². The van der Waals surface area contributed by atoms with Crippen LogP contribution in [-0.2, 0) is 4.79 Å². The molecule has 9 heteroatoms. The second-order valence-corrected chi connectivity index (χ2v) is 9.53. The SMILES string of the molecule is COc1ccc([C@@H]2[C@H](C)C(C(=O)N(Cl)N3CCCCCC3)=NN2c2ccc(Cl)cc2Cl)cc1. The summed E-state index contributed by atoms with van der Waals surface area (Å²) >= 11 is 19.2. The quantitative estimate of drug-likeness (QED) is 0.442. The number of hydrazine groups is 1. The Labute approximate surface area is 209 Å². The number of methoxy groups -OCH3 is 1. The monoisotopic (exact) mass is 508 g/mol. The second kappa shape index (κ2) is 10.5. The van der Waals surface area contributed by atoms with Gasteiger partial charge in [0.05, 0.1) is 23.9 Å². The third-order valence-electron chi connectivity index (χ3n) is 6.22. The average molecular weight is 510 g/mol. The Bertz CT molecular complexity index is 1020. The number of rotatable bonds is 5. The fraction of sp³-hybridized carbons (Fsp3) is 0.417. The van der Waals surface area contributed by atoms with Gasteiger partial charge in [0.1, 0.15) is 11.5 Å². The molecule has 2 aromatic carbocycles. The van der Waals surface area contributed by atoms with Crippen LogP contribution in [0.25, 0.3) is 0 Å². The van der Waals surface area contributed by atoms with Gasteiger partial charge in [-0.25, -0.2) is 5.01 Å². The molecule has 4 rings (SSSR count). The number of hydrogen-bond acceptors (Lipinski definition) is 5. The molecule has 6 nitrogen and oxygen atoms in total. The van der Waals surface area contributed by atoms with Gasteiger partial charge in [0, 0.05) is 35.8 Å². The highest BCUT2D eigenvalue weighted by Crippen LogP contribution is 2.43. The maximum Gasteiger partial charge on any atom is 0.299 e. The van der Waals surface area contributed by atoms with Crippen molar-refractivity contribution >= 4 is 52.3 Å². The fourth-order valence-electron chi connectivity index (χ4n) is 4.42. The first-order valence-electron chi connectivity index (χ1n) is 11.1. The van der Waals surface area contributed by atoms with Crippen LogP contribution in [0.1, 0.15) is 44.2 Å². The topological polar surface area (TPSA) is 48.4 Å². The highest BCUT2D eigenvalue weighted by molar-refractivity contribution is 6.46. The van der Waals surface area contributed by atoms with Crippen LogP contribution < -0.4 is 9.75 Å². The summed E-state index contributed by atoms with van der Waals surface area (Å²) in [6.45, 7) is 3.50. The highest BCUT2D eigenvalue weighted by atomic mass is 35.5. The van der Waals surface area contributed by atoms with Crippen molar-refractivity contribution in [1.29, 1.82) is 0 Å². The summed E-state index contributed by atoms with van der Waals surface area (Å²) in [6, 6.07) is 12.8. The summed E-state index contributed by atoms with van der Waals surface area (Å²) in [6.07, 6.45) is 4.32. The maximum absolute atomic E-state index is 13.5. The Morgan fingerprint density at radius 2 is 1.73 bits per heavy atom. The molecule has 1 saturated heterocycles. The molecule has 0 N–H and O–H groups in total. The lowest BCUT2D eigenvalue weighted by Crippen LogP contribution is -2.44. The molecule has 2 aromatic rings. The lowest BCUT2D eigenvalue weighted by atomic mass is 9.91. The third kappa shape index (κ3) is 5.09. The average Bonchev–Trinajstić information content (AvgIpc) is 2.98. The van der Waals surface area contributed by atoms with Gasteiger partial charge in [0.25, 0.3) is 5.91 Å². The van der Waals surface area contributed by atoms with Gasteiger partial charge in [-0.2, -0.15) is 9.63 Å². The summed E-state index contributed by atoms with van der Waals surface area (Å²) < 4.78 is 6.53. The van der Waals surface area contributed by atoms with Crippen molar-refractivity contribution in [3.8, 4) is 5.75 Å². The van der Waals surface area contributed by atoms with Crippen LogP contribution in [0.5, 0.6) is 5.75 Å². The van der Waals surface area contributed by atoms with Crippen LogP contribution in [0.2, 0.25) is 10.0 Å². The fourth-order valence-corrected chi connectivity index (χ4v) is 5.16.